The number of rotatable bonds is 6. The fourth-order valence-corrected chi connectivity index (χ4v) is 2.99. The lowest BCUT2D eigenvalue weighted by Crippen LogP contribution is -2.09. The maximum Gasteiger partial charge on any atom is 0.198 e. The first-order valence-electron chi connectivity index (χ1n) is 5.14. The van der Waals surface area contributed by atoms with Gasteiger partial charge in [0.15, 0.2) is 5.78 Å². The van der Waals surface area contributed by atoms with Gasteiger partial charge >= 0.3 is 0 Å². The van der Waals surface area contributed by atoms with Crippen LogP contribution in [-0.4, -0.2) is 19.0 Å². The van der Waals surface area contributed by atoms with Gasteiger partial charge in [0.05, 0.1) is 15.8 Å². The maximum absolute atomic E-state index is 11.6. The Kier molecular flexibility index (Phi) is 4.74. The van der Waals surface area contributed by atoms with Gasteiger partial charge in [-0.3, -0.25) is 4.79 Å². The van der Waals surface area contributed by atoms with E-state index in [1.165, 1.54) is 16.2 Å². The SMILES string of the molecule is O=C(COCCc1cccs1)c1ccc(Cl)s1. The number of carbonyl (C=O) groups is 1. The molecule has 0 radical (unpaired) electrons. The first-order valence-corrected chi connectivity index (χ1v) is 7.22. The molecule has 0 unspecified atom stereocenters. The van der Waals surface area contributed by atoms with Gasteiger partial charge < -0.3 is 4.74 Å². The largest absolute Gasteiger partial charge is 0.373 e. The highest BCUT2D eigenvalue weighted by Crippen LogP contribution is 2.21. The van der Waals surface area contributed by atoms with Crippen LogP contribution in [0.2, 0.25) is 4.34 Å². The summed E-state index contributed by atoms with van der Waals surface area (Å²) < 4.78 is 5.98. The minimum absolute atomic E-state index is 0.00641. The van der Waals surface area contributed by atoms with E-state index in [9.17, 15) is 4.79 Å². The molecular weight excluding hydrogens is 276 g/mol. The van der Waals surface area contributed by atoms with Gasteiger partial charge in [-0.15, -0.1) is 22.7 Å². The third kappa shape index (κ3) is 3.92. The Morgan fingerprint density at radius 1 is 1.35 bits per heavy atom. The molecule has 0 amide bonds. The van der Waals surface area contributed by atoms with Crippen molar-refractivity contribution >= 4 is 40.1 Å². The standard InChI is InChI=1S/C12H11ClO2S2/c13-12-4-3-11(17-12)10(14)8-15-6-5-9-2-1-7-16-9/h1-4,7H,5-6,8H2. The van der Waals surface area contributed by atoms with Crippen LogP contribution in [0.4, 0.5) is 0 Å². The zero-order chi connectivity index (χ0) is 12.1. The Labute approximate surface area is 113 Å². The molecule has 2 heterocycles. The van der Waals surface area contributed by atoms with Gasteiger partial charge in [0.25, 0.3) is 0 Å². The topological polar surface area (TPSA) is 26.3 Å². The minimum atomic E-state index is -0.00641. The predicted molar refractivity (Wildman–Crippen MR) is 72.5 cm³/mol. The number of Topliss-reactive ketones (excluding diaryl/α,β-unsaturated/α-hetero) is 1. The summed E-state index contributed by atoms with van der Waals surface area (Å²) in [7, 11) is 0. The van der Waals surface area contributed by atoms with Crippen LogP contribution in [0.1, 0.15) is 14.5 Å². The third-order valence-electron chi connectivity index (χ3n) is 2.15. The molecule has 0 aromatic carbocycles. The molecule has 17 heavy (non-hydrogen) atoms. The van der Waals surface area contributed by atoms with Crippen molar-refractivity contribution < 1.29 is 9.53 Å². The summed E-state index contributed by atoms with van der Waals surface area (Å²) in [6.07, 6.45) is 0.857. The number of thiophene rings is 2. The Balaban J connectivity index is 1.70. The van der Waals surface area contributed by atoms with Crippen molar-refractivity contribution in [2.75, 3.05) is 13.2 Å². The smallest absolute Gasteiger partial charge is 0.198 e. The van der Waals surface area contributed by atoms with E-state index >= 15 is 0 Å². The van der Waals surface area contributed by atoms with E-state index in [0.29, 0.717) is 15.8 Å². The summed E-state index contributed by atoms with van der Waals surface area (Å²) in [6, 6.07) is 7.54. The summed E-state index contributed by atoms with van der Waals surface area (Å²) in [5, 5.41) is 2.04. The van der Waals surface area contributed by atoms with Crippen LogP contribution in [0.15, 0.2) is 29.6 Å². The molecule has 2 rings (SSSR count). The van der Waals surface area contributed by atoms with E-state index in [1.807, 2.05) is 11.4 Å². The second-order valence-corrected chi connectivity index (χ2v) is 6.16. The fourth-order valence-electron chi connectivity index (χ4n) is 1.33. The molecule has 0 aliphatic rings. The lowest BCUT2D eigenvalue weighted by Gasteiger charge is -2.01. The third-order valence-corrected chi connectivity index (χ3v) is 4.36. The van der Waals surface area contributed by atoms with Crippen molar-refractivity contribution in [1.29, 1.82) is 0 Å². The van der Waals surface area contributed by atoms with Crippen LogP contribution in [0.25, 0.3) is 0 Å². The molecule has 5 heteroatoms. The molecule has 0 aliphatic carbocycles. The number of ether oxygens (including phenoxy) is 1. The summed E-state index contributed by atoms with van der Waals surface area (Å²) in [5.74, 6) is -0.00641. The molecule has 0 aliphatic heterocycles. The van der Waals surface area contributed by atoms with E-state index in [4.69, 9.17) is 16.3 Å². The molecule has 2 nitrogen and oxygen atoms in total. The van der Waals surface area contributed by atoms with E-state index < -0.39 is 0 Å². The Bertz CT molecular complexity index is 476. The predicted octanol–water partition coefficient (Wildman–Crippen LogP) is 3.91. The summed E-state index contributed by atoms with van der Waals surface area (Å²) in [6.45, 7) is 0.702. The highest BCUT2D eigenvalue weighted by Gasteiger charge is 2.08. The van der Waals surface area contributed by atoms with Gasteiger partial charge in [0.2, 0.25) is 0 Å². The highest BCUT2D eigenvalue weighted by atomic mass is 35.5. The normalized spacial score (nSPS) is 10.6. The van der Waals surface area contributed by atoms with Gasteiger partial charge in [0, 0.05) is 11.3 Å². The van der Waals surface area contributed by atoms with Crippen molar-refractivity contribution in [3.8, 4) is 0 Å². The van der Waals surface area contributed by atoms with Gasteiger partial charge in [-0.25, -0.2) is 0 Å². The number of hydrogen-bond donors (Lipinski definition) is 0. The summed E-state index contributed by atoms with van der Waals surface area (Å²) >= 11 is 8.75. The molecule has 0 saturated carbocycles. The number of hydrogen-bond acceptors (Lipinski definition) is 4. The molecule has 0 fully saturated rings. The monoisotopic (exact) mass is 286 g/mol. The van der Waals surface area contributed by atoms with Crippen molar-refractivity contribution in [2.24, 2.45) is 0 Å². The second-order valence-electron chi connectivity index (χ2n) is 3.41. The van der Waals surface area contributed by atoms with Crippen LogP contribution in [0.3, 0.4) is 0 Å². The van der Waals surface area contributed by atoms with Crippen molar-refractivity contribution in [1.82, 2.24) is 0 Å². The molecule has 0 N–H and O–H groups in total. The van der Waals surface area contributed by atoms with E-state index in [0.717, 1.165) is 6.42 Å². The number of ketones is 1. The molecule has 0 atom stereocenters. The van der Waals surface area contributed by atoms with Crippen LogP contribution in [-0.2, 0) is 11.2 Å². The van der Waals surface area contributed by atoms with Crippen LogP contribution in [0.5, 0.6) is 0 Å². The van der Waals surface area contributed by atoms with E-state index in [-0.39, 0.29) is 12.4 Å². The lowest BCUT2D eigenvalue weighted by molar-refractivity contribution is 0.0770. The Morgan fingerprint density at radius 3 is 2.88 bits per heavy atom. The summed E-state index contributed by atoms with van der Waals surface area (Å²) in [4.78, 5) is 13.6. The van der Waals surface area contributed by atoms with Crippen LogP contribution >= 0.6 is 34.3 Å². The molecular formula is C12H11ClO2S2. The maximum atomic E-state index is 11.6. The average Bonchev–Trinajstić information content (AvgIpc) is 2.95. The first-order chi connectivity index (χ1) is 8.25. The van der Waals surface area contributed by atoms with Crippen LogP contribution in [0, 0.1) is 0 Å². The van der Waals surface area contributed by atoms with Gasteiger partial charge in [-0.2, -0.15) is 0 Å². The number of carbonyl (C=O) groups excluding carboxylic acids is 1. The highest BCUT2D eigenvalue weighted by molar-refractivity contribution is 7.18. The van der Waals surface area contributed by atoms with E-state index in [1.54, 1.807) is 23.5 Å². The average molecular weight is 287 g/mol. The van der Waals surface area contributed by atoms with Crippen molar-refractivity contribution in [3.63, 3.8) is 0 Å². The van der Waals surface area contributed by atoms with Gasteiger partial charge in [-0.05, 0) is 23.6 Å². The number of halogens is 1. The Hall–Kier alpha value is -0.680. The summed E-state index contributed by atoms with van der Waals surface area (Å²) in [5.41, 5.74) is 0. The molecule has 2 aromatic rings. The fraction of sp³-hybridized carbons (Fsp3) is 0.250. The van der Waals surface area contributed by atoms with Gasteiger partial charge in [0.1, 0.15) is 6.61 Å². The van der Waals surface area contributed by atoms with Crippen molar-refractivity contribution in [2.45, 2.75) is 6.42 Å². The first kappa shape index (κ1) is 12.8. The quantitative estimate of drug-likeness (QED) is 0.594. The van der Waals surface area contributed by atoms with Crippen molar-refractivity contribution in [3.05, 3.63) is 43.7 Å². The lowest BCUT2D eigenvalue weighted by atomic mass is 10.3. The van der Waals surface area contributed by atoms with Crippen LogP contribution < -0.4 is 0 Å². The second kappa shape index (κ2) is 6.31. The zero-order valence-corrected chi connectivity index (χ0v) is 11.4. The molecule has 90 valence electrons. The molecule has 2 aromatic heterocycles. The molecule has 0 bridgehead atoms. The Morgan fingerprint density at radius 2 is 2.24 bits per heavy atom. The zero-order valence-electron chi connectivity index (χ0n) is 9.02. The molecule has 0 spiro atoms. The molecule has 0 saturated heterocycles. The van der Waals surface area contributed by atoms with Gasteiger partial charge in [-0.1, -0.05) is 17.7 Å². The minimum Gasteiger partial charge on any atom is -0.373 e. The van der Waals surface area contributed by atoms with E-state index in [2.05, 4.69) is 6.07 Å².